The van der Waals surface area contributed by atoms with E-state index in [1.54, 1.807) is 0 Å². The topological polar surface area (TPSA) is 71.8 Å². The Balaban J connectivity index is 2.31. The number of carbonyl (C=O) groups is 1. The van der Waals surface area contributed by atoms with Gasteiger partial charge >= 0.3 is 0 Å². The number of fused-ring (bicyclic) bond motifs is 1. The summed E-state index contributed by atoms with van der Waals surface area (Å²) in [6.45, 7) is 0. The Morgan fingerprint density at radius 3 is 3.00 bits per heavy atom. The van der Waals surface area contributed by atoms with Gasteiger partial charge in [-0.2, -0.15) is 0 Å². The molecule has 0 aliphatic rings. The lowest BCUT2D eigenvalue weighted by atomic mass is 10.2. The van der Waals surface area contributed by atoms with Crippen LogP contribution in [-0.2, 0) is 11.2 Å². The molecule has 0 saturated heterocycles. The molecule has 2 rings (SSSR count). The number of rotatable bonds is 3. The van der Waals surface area contributed by atoms with Crippen LogP contribution in [0.4, 0.5) is 0 Å². The van der Waals surface area contributed by atoms with Gasteiger partial charge in [-0.1, -0.05) is 12.1 Å². The second kappa shape index (κ2) is 3.59. The van der Waals surface area contributed by atoms with E-state index < -0.39 is 6.04 Å². The highest BCUT2D eigenvalue weighted by Crippen LogP contribution is 2.10. The van der Waals surface area contributed by atoms with E-state index in [0.717, 1.165) is 23.1 Å². The summed E-state index contributed by atoms with van der Waals surface area (Å²) >= 11 is 0. The molecule has 1 aromatic heterocycles. The molecule has 0 saturated carbocycles. The van der Waals surface area contributed by atoms with Crippen LogP contribution < -0.4 is 5.73 Å². The van der Waals surface area contributed by atoms with Crippen LogP contribution >= 0.6 is 0 Å². The van der Waals surface area contributed by atoms with Crippen LogP contribution in [0.5, 0.6) is 0 Å². The highest BCUT2D eigenvalue weighted by atomic mass is 16.1. The first-order valence-electron chi connectivity index (χ1n) is 4.44. The zero-order chi connectivity index (χ0) is 9.97. The lowest BCUT2D eigenvalue weighted by Gasteiger charge is -1.97. The summed E-state index contributed by atoms with van der Waals surface area (Å²) in [6.07, 6.45) is 1.19. The minimum atomic E-state index is -0.476. The largest absolute Gasteiger partial charge is 0.342 e. The Kier molecular flexibility index (Phi) is 2.28. The molecule has 0 bridgehead atoms. The number of aromatic amines is 1. The van der Waals surface area contributed by atoms with Crippen molar-refractivity contribution in [2.75, 3.05) is 0 Å². The fourth-order valence-electron chi connectivity index (χ4n) is 1.37. The number of H-pyrrole nitrogens is 1. The molecule has 0 aliphatic carbocycles. The SMILES string of the molecule is N[C@H](C=O)Cc1nc2ccccc2[nH]1. The van der Waals surface area contributed by atoms with Gasteiger partial charge in [0, 0.05) is 6.42 Å². The van der Waals surface area contributed by atoms with Crippen LogP contribution in [0.25, 0.3) is 11.0 Å². The molecule has 14 heavy (non-hydrogen) atoms. The van der Waals surface area contributed by atoms with Gasteiger partial charge in [0.25, 0.3) is 0 Å². The van der Waals surface area contributed by atoms with E-state index in [-0.39, 0.29) is 0 Å². The number of aromatic nitrogens is 2. The van der Waals surface area contributed by atoms with Crippen molar-refractivity contribution < 1.29 is 4.79 Å². The first-order chi connectivity index (χ1) is 6.79. The molecule has 0 unspecified atom stereocenters. The van der Waals surface area contributed by atoms with E-state index in [4.69, 9.17) is 5.73 Å². The van der Waals surface area contributed by atoms with Gasteiger partial charge in [-0.25, -0.2) is 4.98 Å². The van der Waals surface area contributed by atoms with E-state index >= 15 is 0 Å². The van der Waals surface area contributed by atoms with E-state index in [9.17, 15) is 4.79 Å². The predicted octanol–water partition coefficient (Wildman–Crippen LogP) is 0.632. The summed E-state index contributed by atoms with van der Waals surface area (Å²) in [6, 6.07) is 7.24. The van der Waals surface area contributed by atoms with Crippen molar-refractivity contribution in [1.29, 1.82) is 0 Å². The van der Waals surface area contributed by atoms with Crippen molar-refractivity contribution >= 4 is 17.3 Å². The Bertz CT molecular complexity index is 416. The molecule has 4 heteroatoms. The number of nitrogens with zero attached hydrogens (tertiary/aromatic N) is 1. The predicted molar refractivity (Wildman–Crippen MR) is 53.8 cm³/mol. The monoisotopic (exact) mass is 189 g/mol. The van der Waals surface area contributed by atoms with E-state index in [1.165, 1.54) is 0 Å². The molecule has 4 nitrogen and oxygen atoms in total. The number of hydrogen-bond donors (Lipinski definition) is 2. The molecule has 72 valence electrons. The fourth-order valence-corrected chi connectivity index (χ4v) is 1.37. The normalized spacial score (nSPS) is 12.9. The maximum atomic E-state index is 10.4. The summed E-state index contributed by atoms with van der Waals surface area (Å²) < 4.78 is 0. The van der Waals surface area contributed by atoms with Crippen LogP contribution in [0.15, 0.2) is 24.3 Å². The fraction of sp³-hybridized carbons (Fsp3) is 0.200. The Morgan fingerprint density at radius 2 is 2.29 bits per heavy atom. The highest BCUT2D eigenvalue weighted by Gasteiger charge is 2.06. The number of aldehydes is 1. The maximum Gasteiger partial charge on any atom is 0.137 e. The minimum Gasteiger partial charge on any atom is -0.342 e. The lowest BCUT2D eigenvalue weighted by Crippen LogP contribution is -2.24. The van der Waals surface area contributed by atoms with Crippen molar-refractivity contribution in [3.63, 3.8) is 0 Å². The van der Waals surface area contributed by atoms with Crippen LogP contribution in [0, 0.1) is 0 Å². The minimum absolute atomic E-state index is 0.457. The van der Waals surface area contributed by atoms with Gasteiger partial charge in [0.2, 0.25) is 0 Å². The molecule has 3 N–H and O–H groups in total. The number of nitrogens with one attached hydrogen (secondary N) is 1. The molecule has 0 radical (unpaired) electrons. The number of carbonyl (C=O) groups excluding carboxylic acids is 1. The molecule has 0 aliphatic heterocycles. The summed E-state index contributed by atoms with van der Waals surface area (Å²) in [5.41, 5.74) is 7.37. The van der Waals surface area contributed by atoms with Crippen LogP contribution in [0.2, 0.25) is 0 Å². The smallest absolute Gasteiger partial charge is 0.137 e. The van der Waals surface area contributed by atoms with Gasteiger partial charge < -0.3 is 15.5 Å². The van der Waals surface area contributed by atoms with Crippen molar-refractivity contribution in [2.24, 2.45) is 5.73 Å². The van der Waals surface area contributed by atoms with Crippen molar-refractivity contribution in [1.82, 2.24) is 9.97 Å². The first-order valence-corrected chi connectivity index (χ1v) is 4.44. The Morgan fingerprint density at radius 1 is 1.50 bits per heavy atom. The molecule has 1 atom stereocenters. The summed E-state index contributed by atoms with van der Waals surface area (Å²) in [5.74, 6) is 0.755. The average Bonchev–Trinajstić information content (AvgIpc) is 2.59. The molecule has 1 heterocycles. The zero-order valence-corrected chi connectivity index (χ0v) is 7.60. The molecule has 0 amide bonds. The van der Waals surface area contributed by atoms with E-state index in [0.29, 0.717) is 6.42 Å². The number of hydrogen-bond acceptors (Lipinski definition) is 3. The van der Waals surface area contributed by atoms with Crippen molar-refractivity contribution in [3.8, 4) is 0 Å². The van der Waals surface area contributed by atoms with Crippen molar-refractivity contribution in [3.05, 3.63) is 30.1 Å². The maximum absolute atomic E-state index is 10.4. The third-order valence-electron chi connectivity index (χ3n) is 2.04. The second-order valence-corrected chi connectivity index (χ2v) is 3.20. The molecule has 2 aromatic rings. The molecular formula is C10H11N3O. The lowest BCUT2D eigenvalue weighted by molar-refractivity contribution is -0.108. The van der Waals surface area contributed by atoms with Crippen molar-refractivity contribution in [2.45, 2.75) is 12.5 Å². The van der Waals surface area contributed by atoms with Gasteiger partial charge in [-0.05, 0) is 12.1 Å². The highest BCUT2D eigenvalue weighted by molar-refractivity contribution is 5.74. The van der Waals surface area contributed by atoms with Gasteiger partial charge in [-0.15, -0.1) is 0 Å². The molecule has 1 aromatic carbocycles. The Hall–Kier alpha value is -1.68. The van der Waals surface area contributed by atoms with Gasteiger partial charge in [0.1, 0.15) is 12.1 Å². The number of para-hydroxylation sites is 2. The summed E-state index contributed by atoms with van der Waals surface area (Å²) in [7, 11) is 0. The zero-order valence-electron chi connectivity index (χ0n) is 7.60. The molecular weight excluding hydrogens is 178 g/mol. The number of imidazole rings is 1. The third kappa shape index (κ3) is 1.65. The quantitative estimate of drug-likeness (QED) is 0.696. The van der Waals surface area contributed by atoms with Gasteiger partial charge in [0.05, 0.1) is 17.1 Å². The third-order valence-corrected chi connectivity index (χ3v) is 2.04. The van der Waals surface area contributed by atoms with Gasteiger partial charge in [-0.3, -0.25) is 0 Å². The second-order valence-electron chi connectivity index (χ2n) is 3.20. The summed E-state index contributed by atoms with van der Waals surface area (Å²) in [5, 5.41) is 0. The summed E-state index contributed by atoms with van der Waals surface area (Å²) in [4.78, 5) is 17.8. The molecule has 0 spiro atoms. The van der Waals surface area contributed by atoms with Crippen LogP contribution in [0.3, 0.4) is 0 Å². The standard InChI is InChI=1S/C10H11N3O/c11-7(6-14)5-10-12-8-3-1-2-4-9(8)13-10/h1-4,6-7H,5,11H2,(H,12,13)/t7-/m0/s1. The van der Waals surface area contributed by atoms with Gasteiger partial charge in [0.15, 0.2) is 0 Å². The van der Waals surface area contributed by atoms with Crippen LogP contribution in [0.1, 0.15) is 5.82 Å². The number of nitrogens with two attached hydrogens (primary N) is 1. The first kappa shape index (κ1) is 8.90. The average molecular weight is 189 g/mol. The number of benzene rings is 1. The van der Waals surface area contributed by atoms with Crippen LogP contribution in [-0.4, -0.2) is 22.3 Å². The van der Waals surface area contributed by atoms with E-state index in [1.807, 2.05) is 24.3 Å². The Labute approximate surface area is 81.1 Å². The van der Waals surface area contributed by atoms with E-state index in [2.05, 4.69) is 9.97 Å². The molecule has 0 fully saturated rings.